The number of benzene rings is 1. The zero-order valence-corrected chi connectivity index (χ0v) is 7.23. The van der Waals surface area contributed by atoms with Crippen molar-refractivity contribution in [1.82, 2.24) is 0 Å². The Balaban J connectivity index is 3.21. The molecule has 2 heteroatoms. The van der Waals surface area contributed by atoms with E-state index in [0.717, 1.165) is 11.4 Å². The molecule has 3 N–H and O–H groups in total. The largest absolute Gasteiger partial charge is 0.397 e. The van der Waals surface area contributed by atoms with Crippen LogP contribution in [-0.2, 0) is 0 Å². The van der Waals surface area contributed by atoms with E-state index in [1.54, 1.807) is 0 Å². The molecular weight excluding hydrogens is 136 g/mol. The first kappa shape index (κ1) is 7.92. The molecule has 0 aliphatic heterocycles. The number of hydrogen-bond acceptors (Lipinski definition) is 2. The van der Waals surface area contributed by atoms with Crippen LogP contribution in [0.4, 0.5) is 11.4 Å². The molecule has 0 fully saturated rings. The standard InChI is InChI=1S/C9H14N2/c1-6-4-8(10)9(11-3)5-7(6)2/h4-5,11H,10H2,1-3H3. The summed E-state index contributed by atoms with van der Waals surface area (Å²) in [5.74, 6) is 0. The molecule has 0 aliphatic rings. The number of hydrogen-bond donors (Lipinski definition) is 2. The second kappa shape index (κ2) is 2.82. The summed E-state index contributed by atoms with van der Waals surface area (Å²) in [6.07, 6.45) is 0. The van der Waals surface area contributed by atoms with Gasteiger partial charge in [-0.3, -0.25) is 0 Å². The maximum Gasteiger partial charge on any atom is 0.0574 e. The molecule has 60 valence electrons. The lowest BCUT2D eigenvalue weighted by molar-refractivity contribution is 1.33. The van der Waals surface area contributed by atoms with Crippen molar-refractivity contribution < 1.29 is 0 Å². The summed E-state index contributed by atoms with van der Waals surface area (Å²) in [6.45, 7) is 4.14. The number of nitrogens with one attached hydrogen (secondary N) is 1. The van der Waals surface area contributed by atoms with Gasteiger partial charge in [0.05, 0.1) is 11.4 Å². The van der Waals surface area contributed by atoms with Gasteiger partial charge in [0.15, 0.2) is 0 Å². The number of nitrogen functional groups attached to an aromatic ring is 1. The zero-order chi connectivity index (χ0) is 8.43. The average molecular weight is 150 g/mol. The summed E-state index contributed by atoms with van der Waals surface area (Å²) in [4.78, 5) is 0. The van der Waals surface area contributed by atoms with E-state index in [0.29, 0.717) is 0 Å². The normalized spacial score (nSPS) is 9.73. The molecule has 0 unspecified atom stereocenters. The average Bonchev–Trinajstić information content (AvgIpc) is 1.97. The van der Waals surface area contributed by atoms with Gasteiger partial charge in [-0.15, -0.1) is 0 Å². The lowest BCUT2D eigenvalue weighted by Crippen LogP contribution is -1.97. The molecule has 0 saturated carbocycles. The van der Waals surface area contributed by atoms with E-state index in [2.05, 4.69) is 25.2 Å². The lowest BCUT2D eigenvalue weighted by Gasteiger charge is -2.07. The number of anilines is 2. The molecular formula is C9H14N2. The van der Waals surface area contributed by atoms with Crippen LogP contribution in [-0.4, -0.2) is 7.05 Å². The molecule has 0 atom stereocenters. The lowest BCUT2D eigenvalue weighted by atomic mass is 10.1. The molecule has 1 rings (SSSR count). The van der Waals surface area contributed by atoms with Crippen LogP contribution >= 0.6 is 0 Å². The maximum atomic E-state index is 5.74. The van der Waals surface area contributed by atoms with Crippen LogP contribution in [0.1, 0.15) is 11.1 Å². The SMILES string of the molecule is CNc1cc(C)c(C)cc1N. The highest BCUT2D eigenvalue weighted by Gasteiger charge is 1.98. The Kier molecular flexibility index (Phi) is 2.03. The minimum atomic E-state index is 0.815. The third-order valence-electron chi connectivity index (χ3n) is 1.94. The molecule has 0 aromatic heterocycles. The first-order chi connectivity index (χ1) is 5.15. The molecule has 1 aromatic rings. The fourth-order valence-corrected chi connectivity index (χ4v) is 1.06. The molecule has 0 amide bonds. The smallest absolute Gasteiger partial charge is 0.0574 e. The quantitative estimate of drug-likeness (QED) is 0.600. The number of aryl methyl sites for hydroxylation is 2. The summed E-state index contributed by atoms with van der Waals surface area (Å²) in [5, 5.41) is 3.04. The van der Waals surface area contributed by atoms with E-state index < -0.39 is 0 Å². The molecule has 0 saturated heterocycles. The van der Waals surface area contributed by atoms with E-state index in [4.69, 9.17) is 5.73 Å². The molecule has 0 heterocycles. The fourth-order valence-electron chi connectivity index (χ4n) is 1.06. The van der Waals surface area contributed by atoms with E-state index in [9.17, 15) is 0 Å². The van der Waals surface area contributed by atoms with Gasteiger partial charge in [0.2, 0.25) is 0 Å². The highest BCUT2D eigenvalue weighted by Crippen LogP contribution is 2.21. The van der Waals surface area contributed by atoms with Gasteiger partial charge < -0.3 is 11.1 Å². The summed E-state index contributed by atoms with van der Waals surface area (Å²) >= 11 is 0. The van der Waals surface area contributed by atoms with Crippen LogP contribution in [0.3, 0.4) is 0 Å². The Morgan fingerprint density at radius 3 is 2.27 bits per heavy atom. The van der Waals surface area contributed by atoms with Crippen LogP contribution < -0.4 is 11.1 Å². The van der Waals surface area contributed by atoms with Crippen molar-refractivity contribution in [2.75, 3.05) is 18.1 Å². The summed E-state index contributed by atoms with van der Waals surface area (Å²) in [5.41, 5.74) is 10.1. The van der Waals surface area contributed by atoms with Gasteiger partial charge in [-0.05, 0) is 37.1 Å². The highest BCUT2D eigenvalue weighted by atomic mass is 14.8. The molecule has 0 aliphatic carbocycles. The van der Waals surface area contributed by atoms with E-state index in [1.807, 2.05) is 13.1 Å². The van der Waals surface area contributed by atoms with Crippen molar-refractivity contribution >= 4 is 11.4 Å². The van der Waals surface area contributed by atoms with Gasteiger partial charge in [0.1, 0.15) is 0 Å². The highest BCUT2D eigenvalue weighted by molar-refractivity contribution is 5.68. The van der Waals surface area contributed by atoms with Crippen molar-refractivity contribution in [3.63, 3.8) is 0 Å². The Morgan fingerprint density at radius 2 is 1.73 bits per heavy atom. The predicted molar refractivity (Wildman–Crippen MR) is 49.9 cm³/mol. The monoisotopic (exact) mass is 150 g/mol. The fraction of sp³-hybridized carbons (Fsp3) is 0.333. The second-order valence-electron chi connectivity index (χ2n) is 2.77. The maximum absolute atomic E-state index is 5.74. The third-order valence-corrected chi connectivity index (χ3v) is 1.94. The van der Waals surface area contributed by atoms with Crippen molar-refractivity contribution in [1.29, 1.82) is 0 Å². The van der Waals surface area contributed by atoms with Gasteiger partial charge in [-0.2, -0.15) is 0 Å². The Morgan fingerprint density at radius 1 is 1.18 bits per heavy atom. The van der Waals surface area contributed by atoms with E-state index >= 15 is 0 Å². The summed E-state index contributed by atoms with van der Waals surface area (Å²) < 4.78 is 0. The summed E-state index contributed by atoms with van der Waals surface area (Å²) in [7, 11) is 1.88. The molecule has 2 nitrogen and oxygen atoms in total. The predicted octanol–water partition coefficient (Wildman–Crippen LogP) is 1.93. The van der Waals surface area contributed by atoms with Gasteiger partial charge in [0.25, 0.3) is 0 Å². The molecule has 0 spiro atoms. The molecule has 0 radical (unpaired) electrons. The van der Waals surface area contributed by atoms with E-state index in [-0.39, 0.29) is 0 Å². The molecule has 1 aromatic carbocycles. The van der Waals surface area contributed by atoms with Crippen molar-refractivity contribution in [3.05, 3.63) is 23.3 Å². The van der Waals surface area contributed by atoms with Crippen LogP contribution in [0.25, 0.3) is 0 Å². The number of rotatable bonds is 1. The van der Waals surface area contributed by atoms with Crippen molar-refractivity contribution in [2.45, 2.75) is 13.8 Å². The Labute approximate surface area is 67.4 Å². The molecule has 11 heavy (non-hydrogen) atoms. The van der Waals surface area contributed by atoms with Crippen molar-refractivity contribution in [2.24, 2.45) is 0 Å². The van der Waals surface area contributed by atoms with Gasteiger partial charge in [-0.1, -0.05) is 0 Å². The third kappa shape index (κ3) is 1.45. The van der Waals surface area contributed by atoms with Gasteiger partial charge in [0, 0.05) is 7.05 Å². The van der Waals surface area contributed by atoms with E-state index in [1.165, 1.54) is 11.1 Å². The van der Waals surface area contributed by atoms with Crippen LogP contribution in [0, 0.1) is 13.8 Å². The van der Waals surface area contributed by atoms with Gasteiger partial charge in [-0.25, -0.2) is 0 Å². The van der Waals surface area contributed by atoms with Crippen LogP contribution in [0.15, 0.2) is 12.1 Å². The van der Waals surface area contributed by atoms with Crippen molar-refractivity contribution in [3.8, 4) is 0 Å². The minimum Gasteiger partial charge on any atom is -0.397 e. The second-order valence-corrected chi connectivity index (χ2v) is 2.77. The first-order valence-electron chi connectivity index (χ1n) is 3.69. The minimum absolute atomic E-state index is 0.815. The Bertz CT molecular complexity index is 267. The van der Waals surface area contributed by atoms with Crippen LogP contribution in [0.5, 0.6) is 0 Å². The number of nitrogens with two attached hydrogens (primary N) is 1. The first-order valence-corrected chi connectivity index (χ1v) is 3.69. The topological polar surface area (TPSA) is 38.0 Å². The summed E-state index contributed by atoms with van der Waals surface area (Å²) in [6, 6.07) is 4.05. The Hall–Kier alpha value is -1.18. The molecule has 0 bridgehead atoms. The van der Waals surface area contributed by atoms with Crippen LogP contribution in [0.2, 0.25) is 0 Å². The van der Waals surface area contributed by atoms with Gasteiger partial charge >= 0.3 is 0 Å². The zero-order valence-electron chi connectivity index (χ0n) is 7.23.